The van der Waals surface area contributed by atoms with E-state index >= 15 is 0 Å². The van der Waals surface area contributed by atoms with E-state index in [9.17, 15) is 10.2 Å². The van der Waals surface area contributed by atoms with Crippen LogP contribution in [0.5, 0.6) is 11.5 Å². The Hall–Kier alpha value is -1.22. The predicted molar refractivity (Wildman–Crippen MR) is 87.3 cm³/mol. The van der Waals surface area contributed by atoms with Gasteiger partial charge in [-0.2, -0.15) is 0 Å². The highest BCUT2D eigenvalue weighted by molar-refractivity contribution is 5.47. The maximum absolute atomic E-state index is 10.4. The third-order valence-electron chi connectivity index (χ3n) is 6.46. The smallest absolute Gasteiger partial charge is 0.160 e. The van der Waals surface area contributed by atoms with E-state index in [1.54, 1.807) is 7.11 Å². The van der Waals surface area contributed by atoms with Crippen molar-refractivity contribution in [1.82, 2.24) is 0 Å². The molecule has 0 saturated heterocycles. The molecule has 3 rings (SSSR count). The third-order valence-corrected chi connectivity index (χ3v) is 6.46. The van der Waals surface area contributed by atoms with Crippen molar-refractivity contribution in [2.45, 2.75) is 58.5 Å². The van der Waals surface area contributed by atoms with Crippen LogP contribution >= 0.6 is 0 Å². The maximum Gasteiger partial charge on any atom is 0.160 e. The summed E-state index contributed by atoms with van der Waals surface area (Å²) in [6.07, 6.45) is 6.19. The van der Waals surface area contributed by atoms with Crippen molar-refractivity contribution < 1.29 is 14.9 Å². The number of methoxy groups -OCH3 is 1. The number of fused-ring (bicyclic) bond motifs is 1. The van der Waals surface area contributed by atoms with Gasteiger partial charge in [-0.3, -0.25) is 0 Å². The quantitative estimate of drug-likeness (QED) is 0.895. The molecule has 0 aromatic heterocycles. The summed E-state index contributed by atoms with van der Waals surface area (Å²) in [6, 6.07) is 3.87. The molecule has 0 amide bonds. The number of phenolic OH excluding ortho intramolecular Hbond substituents is 1. The van der Waals surface area contributed by atoms with Gasteiger partial charge in [-0.15, -0.1) is 0 Å². The highest BCUT2D eigenvalue weighted by Crippen LogP contribution is 2.52. The van der Waals surface area contributed by atoms with Crippen LogP contribution in [0.15, 0.2) is 12.1 Å². The molecule has 0 bridgehead atoms. The van der Waals surface area contributed by atoms with Crippen molar-refractivity contribution in [3.05, 3.63) is 23.3 Å². The standard InChI is InChI=1S/C19H28O3/c1-4-19(2)15(7-8-18(19)21)13-6-5-12-10-16(20)17(22-3)11-14(12)9-13/h10-11,13,15,18,20-21H,4-9H2,1-3H3/t13-,15+,18+,19+/m1/s1. The Bertz CT molecular complexity index is 554. The molecule has 22 heavy (non-hydrogen) atoms. The maximum atomic E-state index is 10.4. The number of aromatic hydroxyl groups is 1. The second kappa shape index (κ2) is 5.77. The summed E-state index contributed by atoms with van der Waals surface area (Å²) in [5, 5.41) is 20.4. The summed E-state index contributed by atoms with van der Waals surface area (Å²) in [6.45, 7) is 4.47. The molecular formula is C19H28O3. The number of hydrogen-bond acceptors (Lipinski definition) is 3. The van der Waals surface area contributed by atoms with E-state index < -0.39 is 0 Å². The molecule has 3 nitrogen and oxygen atoms in total. The van der Waals surface area contributed by atoms with Gasteiger partial charge in [0.2, 0.25) is 0 Å². The number of benzene rings is 1. The fraction of sp³-hybridized carbons (Fsp3) is 0.684. The molecular weight excluding hydrogens is 276 g/mol. The topological polar surface area (TPSA) is 49.7 Å². The van der Waals surface area contributed by atoms with E-state index in [0.717, 1.165) is 38.5 Å². The van der Waals surface area contributed by atoms with Gasteiger partial charge >= 0.3 is 0 Å². The first-order chi connectivity index (χ1) is 10.5. The minimum atomic E-state index is -0.154. The normalized spacial score (nSPS) is 34.5. The molecule has 122 valence electrons. The SMILES string of the molecule is CC[C@]1(C)[C@@H](O)CC[C@H]1[C@@H]1CCc2cc(O)c(OC)cc2C1. The van der Waals surface area contributed by atoms with Gasteiger partial charge in [0.1, 0.15) is 0 Å². The Morgan fingerprint density at radius 1 is 1.23 bits per heavy atom. The first-order valence-electron chi connectivity index (χ1n) is 8.56. The van der Waals surface area contributed by atoms with Crippen LogP contribution in [0.25, 0.3) is 0 Å². The Morgan fingerprint density at radius 3 is 2.68 bits per heavy atom. The van der Waals surface area contributed by atoms with E-state index in [1.165, 1.54) is 11.1 Å². The number of hydrogen-bond donors (Lipinski definition) is 2. The fourth-order valence-corrected chi connectivity index (χ4v) is 4.82. The van der Waals surface area contributed by atoms with Crippen molar-refractivity contribution in [1.29, 1.82) is 0 Å². The fourth-order valence-electron chi connectivity index (χ4n) is 4.82. The van der Waals surface area contributed by atoms with Crippen LogP contribution in [-0.2, 0) is 12.8 Å². The molecule has 2 N–H and O–H groups in total. The van der Waals surface area contributed by atoms with Gasteiger partial charge in [0, 0.05) is 0 Å². The van der Waals surface area contributed by atoms with Crippen molar-refractivity contribution >= 4 is 0 Å². The number of aliphatic hydroxyl groups excluding tert-OH is 1. The number of rotatable bonds is 3. The first-order valence-corrected chi connectivity index (χ1v) is 8.56. The summed E-state index contributed by atoms with van der Waals surface area (Å²) < 4.78 is 5.26. The monoisotopic (exact) mass is 304 g/mol. The lowest BCUT2D eigenvalue weighted by atomic mass is 9.65. The van der Waals surface area contributed by atoms with Crippen LogP contribution in [0.3, 0.4) is 0 Å². The first kappa shape index (κ1) is 15.7. The van der Waals surface area contributed by atoms with Crippen molar-refractivity contribution in [3.63, 3.8) is 0 Å². The van der Waals surface area contributed by atoms with E-state index in [-0.39, 0.29) is 17.3 Å². The summed E-state index contributed by atoms with van der Waals surface area (Å²) in [5.41, 5.74) is 2.63. The van der Waals surface area contributed by atoms with Gasteiger partial charge in [-0.25, -0.2) is 0 Å². The molecule has 1 saturated carbocycles. The summed E-state index contributed by atoms with van der Waals surface area (Å²) in [4.78, 5) is 0. The number of aliphatic hydroxyl groups is 1. The van der Waals surface area contributed by atoms with Crippen LogP contribution in [-0.4, -0.2) is 23.4 Å². The molecule has 2 aliphatic carbocycles. The second-order valence-electron chi connectivity index (χ2n) is 7.35. The largest absolute Gasteiger partial charge is 0.504 e. The van der Waals surface area contributed by atoms with E-state index in [0.29, 0.717) is 17.6 Å². The van der Waals surface area contributed by atoms with Crippen molar-refractivity contribution in [2.24, 2.45) is 17.3 Å². The molecule has 1 aromatic rings. The molecule has 1 aromatic carbocycles. The minimum Gasteiger partial charge on any atom is -0.504 e. The lowest BCUT2D eigenvalue weighted by Crippen LogP contribution is -2.37. The highest BCUT2D eigenvalue weighted by atomic mass is 16.5. The average molecular weight is 304 g/mol. The molecule has 4 atom stereocenters. The van der Waals surface area contributed by atoms with Gasteiger partial charge < -0.3 is 14.9 Å². The molecule has 0 unspecified atom stereocenters. The van der Waals surface area contributed by atoms with Gasteiger partial charge in [0.15, 0.2) is 11.5 Å². The Balaban J connectivity index is 1.85. The predicted octanol–water partition coefficient (Wildman–Crippen LogP) is 3.69. The summed E-state index contributed by atoms with van der Waals surface area (Å²) in [5.74, 6) is 2.04. The number of phenols is 1. The number of ether oxygens (including phenoxy) is 1. The van der Waals surface area contributed by atoms with Crippen LogP contribution in [0.4, 0.5) is 0 Å². The van der Waals surface area contributed by atoms with Gasteiger partial charge in [-0.1, -0.05) is 13.8 Å². The third kappa shape index (κ3) is 2.40. The van der Waals surface area contributed by atoms with Crippen LogP contribution < -0.4 is 4.74 Å². The van der Waals surface area contributed by atoms with Crippen LogP contribution in [0.1, 0.15) is 50.7 Å². The molecule has 2 aliphatic rings. The van der Waals surface area contributed by atoms with Crippen LogP contribution in [0.2, 0.25) is 0 Å². The number of aryl methyl sites for hydroxylation is 1. The van der Waals surface area contributed by atoms with E-state index in [2.05, 4.69) is 13.8 Å². The highest BCUT2D eigenvalue weighted by Gasteiger charge is 2.48. The molecule has 0 aliphatic heterocycles. The summed E-state index contributed by atoms with van der Waals surface area (Å²) in [7, 11) is 1.60. The molecule has 1 fully saturated rings. The average Bonchev–Trinajstić information content (AvgIpc) is 2.82. The molecule has 3 heteroatoms. The molecule has 0 spiro atoms. The zero-order valence-electron chi connectivity index (χ0n) is 13.9. The van der Waals surface area contributed by atoms with E-state index in [4.69, 9.17) is 4.74 Å². The Labute approximate surface area is 133 Å². The van der Waals surface area contributed by atoms with Crippen LogP contribution in [0, 0.1) is 17.3 Å². The lowest BCUT2D eigenvalue weighted by Gasteiger charge is -2.40. The van der Waals surface area contributed by atoms with E-state index in [1.807, 2.05) is 12.1 Å². The second-order valence-corrected chi connectivity index (χ2v) is 7.35. The minimum absolute atomic E-state index is 0.0587. The van der Waals surface area contributed by atoms with Gasteiger partial charge in [0.05, 0.1) is 13.2 Å². The van der Waals surface area contributed by atoms with Crippen molar-refractivity contribution in [2.75, 3.05) is 7.11 Å². The molecule has 0 radical (unpaired) electrons. The zero-order valence-corrected chi connectivity index (χ0v) is 13.9. The Morgan fingerprint density at radius 2 is 2.00 bits per heavy atom. The zero-order chi connectivity index (χ0) is 15.9. The summed E-state index contributed by atoms with van der Waals surface area (Å²) >= 11 is 0. The van der Waals surface area contributed by atoms with Gasteiger partial charge in [0.25, 0.3) is 0 Å². The lowest BCUT2D eigenvalue weighted by molar-refractivity contribution is 0.0153. The Kier molecular flexibility index (Phi) is 4.11. The van der Waals surface area contributed by atoms with Gasteiger partial charge in [-0.05, 0) is 79.0 Å². The van der Waals surface area contributed by atoms with Crippen molar-refractivity contribution in [3.8, 4) is 11.5 Å². The molecule has 0 heterocycles.